The minimum atomic E-state index is -1.12. The van der Waals surface area contributed by atoms with E-state index in [0.717, 1.165) is 42.5 Å². The maximum atomic E-state index is 12.5. The van der Waals surface area contributed by atoms with Crippen molar-refractivity contribution in [2.24, 2.45) is 0 Å². The Morgan fingerprint density at radius 3 is 2.50 bits per heavy atom. The van der Waals surface area contributed by atoms with E-state index in [-0.39, 0.29) is 18.4 Å². The summed E-state index contributed by atoms with van der Waals surface area (Å²) in [4.78, 5) is 25.5. The van der Waals surface area contributed by atoms with E-state index in [0.29, 0.717) is 24.5 Å². The number of benzene rings is 2. The van der Waals surface area contributed by atoms with Crippen LogP contribution in [0.2, 0.25) is 0 Å². The Hall–Kier alpha value is -3.48. The van der Waals surface area contributed by atoms with Gasteiger partial charge in [-0.25, -0.2) is 9.59 Å². The van der Waals surface area contributed by atoms with Crippen molar-refractivity contribution in [3.05, 3.63) is 53.8 Å². The number of hydrogen-bond acceptors (Lipinski definition) is 4. The fourth-order valence-corrected chi connectivity index (χ4v) is 3.28. The molecule has 0 aliphatic carbocycles. The van der Waals surface area contributed by atoms with Gasteiger partial charge in [0.1, 0.15) is 5.75 Å². The first-order valence-corrected chi connectivity index (χ1v) is 11.9. The lowest BCUT2D eigenvalue weighted by Gasteiger charge is -2.19. The number of amides is 2. The van der Waals surface area contributed by atoms with Gasteiger partial charge < -0.3 is 19.9 Å². The van der Waals surface area contributed by atoms with Gasteiger partial charge in [0.05, 0.1) is 13.2 Å². The lowest BCUT2D eigenvalue weighted by molar-refractivity contribution is -0.136. The molecule has 2 aromatic carbocycles. The van der Waals surface area contributed by atoms with Gasteiger partial charge in [0.15, 0.2) is 0 Å². The number of anilines is 1. The van der Waals surface area contributed by atoms with Crippen LogP contribution in [0.3, 0.4) is 0 Å². The van der Waals surface area contributed by atoms with Crippen LogP contribution >= 0.6 is 0 Å². The molecule has 0 unspecified atom stereocenters. The predicted octanol–water partition coefficient (Wildman–Crippen LogP) is 5.94. The van der Waals surface area contributed by atoms with E-state index in [9.17, 15) is 14.7 Å². The van der Waals surface area contributed by atoms with Gasteiger partial charge in [-0.3, -0.25) is 4.90 Å². The summed E-state index contributed by atoms with van der Waals surface area (Å²) in [5, 5.41) is 12.3. The van der Waals surface area contributed by atoms with E-state index in [4.69, 9.17) is 9.47 Å². The largest absolute Gasteiger partial charge is 0.493 e. The number of nitrogens with zero attached hydrogens (tertiary/aromatic N) is 1. The maximum Gasteiger partial charge on any atom is 0.371 e. The third-order valence-electron chi connectivity index (χ3n) is 5.23. The molecule has 34 heavy (non-hydrogen) atoms. The number of nitrogens with one attached hydrogen (secondary N) is 1. The molecule has 0 saturated heterocycles. The van der Waals surface area contributed by atoms with E-state index in [2.05, 4.69) is 19.2 Å². The van der Waals surface area contributed by atoms with Crippen molar-refractivity contribution in [2.45, 2.75) is 46.5 Å². The van der Waals surface area contributed by atoms with E-state index < -0.39 is 5.97 Å². The summed E-state index contributed by atoms with van der Waals surface area (Å²) in [6.07, 6.45) is 5.35. The molecule has 2 N–H and O–H groups in total. The molecule has 0 spiro atoms. The third kappa shape index (κ3) is 7.83. The van der Waals surface area contributed by atoms with E-state index in [1.807, 2.05) is 42.5 Å². The average molecular weight is 469 g/mol. The first-order valence-electron chi connectivity index (χ1n) is 11.9. The molecule has 0 saturated carbocycles. The summed E-state index contributed by atoms with van der Waals surface area (Å²) in [5.74, 6) is -0.588. The molecule has 7 nitrogen and oxygen atoms in total. The zero-order valence-electron chi connectivity index (χ0n) is 20.6. The summed E-state index contributed by atoms with van der Waals surface area (Å²) in [7, 11) is 1.74. The maximum absolute atomic E-state index is 12.5. The highest BCUT2D eigenvalue weighted by atomic mass is 16.5. The molecule has 0 bridgehead atoms. The summed E-state index contributed by atoms with van der Waals surface area (Å²) < 4.78 is 11.3. The molecule has 0 radical (unpaired) electrons. The quantitative estimate of drug-likeness (QED) is 0.216. The molecule has 0 heterocycles. The highest BCUT2D eigenvalue weighted by Crippen LogP contribution is 2.34. The van der Waals surface area contributed by atoms with Crippen LogP contribution < -0.4 is 15.0 Å². The number of carbonyl (C=O) groups is 2. The van der Waals surface area contributed by atoms with Crippen molar-refractivity contribution in [3.8, 4) is 16.9 Å². The second kappa shape index (κ2) is 13.9. The van der Waals surface area contributed by atoms with E-state index in [1.54, 1.807) is 18.9 Å². The molecule has 0 aliphatic rings. The molecule has 0 aromatic heterocycles. The second-order valence-corrected chi connectivity index (χ2v) is 7.90. The minimum Gasteiger partial charge on any atom is -0.493 e. The monoisotopic (exact) mass is 468 g/mol. The van der Waals surface area contributed by atoms with Gasteiger partial charge in [-0.15, -0.1) is 0 Å². The van der Waals surface area contributed by atoms with Crippen molar-refractivity contribution >= 4 is 23.8 Å². The molecule has 0 aliphatic heterocycles. The number of rotatable bonds is 13. The standard InChI is InChI=1S/C27H36N2O5/c1-5-8-15-28-27(32)29(4)22-12-10-11-21(19-22)23-14-13-20(17-24(23)34-16-9-6-2)18-25(26(30)31)33-7-3/h10-14,17-19H,5-9,15-16H2,1-4H3,(H,28,32)(H,30,31)/b25-18+. The SMILES string of the molecule is CCCCNC(=O)N(C)c1cccc(-c2ccc(/C=C(/OCC)C(=O)O)cc2OCCCC)c1. The Bertz CT molecular complexity index is 987. The van der Waals surface area contributed by atoms with Crippen molar-refractivity contribution in [1.82, 2.24) is 5.32 Å². The van der Waals surface area contributed by atoms with Crippen LogP contribution in [0.5, 0.6) is 5.75 Å². The molecule has 7 heteroatoms. The summed E-state index contributed by atoms with van der Waals surface area (Å²) in [6, 6.07) is 13.1. The molecular formula is C27H36N2O5. The highest BCUT2D eigenvalue weighted by molar-refractivity contribution is 5.92. The van der Waals surface area contributed by atoms with Crippen LogP contribution in [0, 0.1) is 0 Å². The molecule has 2 rings (SSSR count). The minimum absolute atomic E-state index is 0.118. The van der Waals surface area contributed by atoms with E-state index in [1.165, 1.54) is 6.08 Å². The number of carbonyl (C=O) groups excluding carboxylic acids is 1. The van der Waals surface area contributed by atoms with Crippen LogP contribution in [-0.4, -0.2) is 43.9 Å². The van der Waals surface area contributed by atoms with Crippen molar-refractivity contribution in [1.29, 1.82) is 0 Å². The molecular weight excluding hydrogens is 432 g/mol. The van der Waals surface area contributed by atoms with Gasteiger partial charge in [-0.05, 0) is 55.2 Å². The molecule has 2 aromatic rings. The number of carboxylic acid groups (broad SMARTS) is 1. The number of aliphatic carboxylic acids is 1. The van der Waals surface area contributed by atoms with Crippen LogP contribution in [0.15, 0.2) is 48.2 Å². The fraction of sp³-hybridized carbons (Fsp3) is 0.407. The normalized spacial score (nSPS) is 11.1. The predicted molar refractivity (Wildman–Crippen MR) is 136 cm³/mol. The van der Waals surface area contributed by atoms with Gasteiger partial charge in [0.2, 0.25) is 5.76 Å². The highest BCUT2D eigenvalue weighted by Gasteiger charge is 2.14. The topological polar surface area (TPSA) is 88.1 Å². The summed E-state index contributed by atoms with van der Waals surface area (Å²) in [6.45, 7) is 7.38. The Morgan fingerprint density at radius 2 is 1.82 bits per heavy atom. The van der Waals surface area contributed by atoms with Crippen LogP contribution in [0.1, 0.15) is 52.0 Å². The average Bonchev–Trinajstić information content (AvgIpc) is 2.83. The Kier molecular flexibility index (Phi) is 11.0. The Balaban J connectivity index is 2.39. The molecule has 0 atom stereocenters. The molecule has 2 amide bonds. The lowest BCUT2D eigenvalue weighted by atomic mass is 10.0. The molecule has 184 valence electrons. The third-order valence-corrected chi connectivity index (χ3v) is 5.23. The van der Waals surface area contributed by atoms with Gasteiger partial charge in [0.25, 0.3) is 0 Å². The van der Waals surface area contributed by atoms with Crippen molar-refractivity contribution in [2.75, 3.05) is 31.7 Å². The Morgan fingerprint density at radius 1 is 1.06 bits per heavy atom. The molecule has 0 fully saturated rings. The first kappa shape index (κ1) is 26.8. The van der Waals surface area contributed by atoms with E-state index >= 15 is 0 Å². The van der Waals surface area contributed by atoms with Gasteiger partial charge in [0, 0.05) is 24.8 Å². The Labute approximate surface area is 202 Å². The summed E-state index contributed by atoms with van der Waals surface area (Å²) >= 11 is 0. The van der Waals surface area contributed by atoms with Gasteiger partial charge >= 0.3 is 12.0 Å². The zero-order valence-corrected chi connectivity index (χ0v) is 20.6. The number of hydrogen-bond donors (Lipinski definition) is 2. The van der Waals surface area contributed by atoms with Gasteiger partial charge in [-0.1, -0.05) is 51.0 Å². The lowest BCUT2D eigenvalue weighted by Crippen LogP contribution is -2.37. The van der Waals surface area contributed by atoms with Crippen molar-refractivity contribution < 1.29 is 24.2 Å². The number of carboxylic acids is 1. The van der Waals surface area contributed by atoms with Gasteiger partial charge in [-0.2, -0.15) is 0 Å². The smallest absolute Gasteiger partial charge is 0.371 e. The van der Waals surface area contributed by atoms with Crippen molar-refractivity contribution in [3.63, 3.8) is 0 Å². The summed E-state index contributed by atoms with van der Waals surface area (Å²) in [5.41, 5.74) is 3.20. The van der Waals surface area contributed by atoms with Crippen LogP contribution in [0.25, 0.3) is 17.2 Å². The number of urea groups is 1. The zero-order chi connectivity index (χ0) is 24.9. The number of ether oxygens (including phenoxy) is 2. The van der Waals surface area contributed by atoms with Crippen LogP contribution in [-0.2, 0) is 9.53 Å². The number of unbranched alkanes of at least 4 members (excludes halogenated alkanes) is 2. The second-order valence-electron chi connectivity index (χ2n) is 7.90. The van der Waals surface area contributed by atoms with Crippen LogP contribution in [0.4, 0.5) is 10.5 Å². The fourth-order valence-electron chi connectivity index (χ4n) is 3.28. The first-order chi connectivity index (χ1) is 16.4.